The molecule has 230 valence electrons. The zero-order valence-electron chi connectivity index (χ0n) is 25.7. The number of nitrogens with one attached hydrogen (secondary N) is 2. The summed E-state index contributed by atoms with van der Waals surface area (Å²) in [5.41, 5.74) is 14.7. The molecule has 0 radical (unpaired) electrons. The number of aryl methyl sites for hydroxylation is 2. The van der Waals surface area contributed by atoms with Crippen molar-refractivity contribution in [3.8, 4) is 0 Å². The summed E-state index contributed by atoms with van der Waals surface area (Å²) in [5.74, 6) is -1.76. The highest BCUT2D eigenvalue weighted by Crippen LogP contribution is 2.40. The number of carboxylic acids is 2. The maximum atomic E-state index is 11.6. The number of allylic oxidation sites excluding steroid dienone is 4. The van der Waals surface area contributed by atoms with Gasteiger partial charge in [-0.15, -0.1) is 0 Å². The number of hydrogen-bond donors (Lipinski definition) is 4. The van der Waals surface area contributed by atoms with E-state index in [4.69, 9.17) is 9.97 Å². The molecule has 2 aliphatic heterocycles. The highest BCUT2D eigenvalue weighted by atomic mass is 79.9. The predicted octanol–water partition coefficient (Wildman–Crippen LogP) is 9.43. The molecular weight excluding hydrogens is 688 g/mol. The molecule has 0 aromatic carbocycles. The topological polar surface area (TPSA) is 132 Å². The quantitative estimate of drug-likeness (QED) is 0.171. The minimum absolute atomic E-state index is 0.0289. The van der Waals surface area contributed by atoms with Crippen LogP contribution in [0.5, 0.6) is 0 Å². The number of alkyl halides is 2. The molecule has 10 heteroatoms. The number of carbonyl (C=O) groups is 2. The Morgan fingerprint density at radius 1 is 0.659 bits per heavy atom. The monoisotopic (exact) mass is 722 g/mol. The van der Waals surface area contributed by atoms with E-state index in [2.05, 4.69) is 75.6 Å². The number of halogens is 2. The second kappa shape index (κ2) is 12.5. The fraction of sp³-hybridized carbons (Fsp3) is 0.353. The van der Waals surface area contributed by atoms with E-state index in [1.165, 1.54) is 0 Å². The number of H-pyrrole nitrogens is 2. The van der Waals surface area contributed by atoms with E-state index >= 15 is 0 Å². The van der Waals surface area contributed by atoms with Gasteiger partial charge >= 0.3 is 11.9 Å². The summed E-state index contributed by atoms with van der Waals surface area (Å²) in [6.45, 7) is 12.4. The highest BCUT2D eigenvalue weighted by molar-refractivity contribution is 9.09. The Balaban J connectivity index is 1.95. The predicted molar refractivity (Wildman–Crippen MR) is 184 cm³/mol. The Morgan fingerprint density at radius 2 is 1.05 bits per heavy atom. The zero-order chi connectivity index (χ0) is 32.0. The summed E-state index contributed by atoms with van der Waals surface area (Å²) in [6, 6.07) is 8.10. The molecule has 5 heterocycles. The summed E-state index contributed by atoms with van der Waals surface area (Å²) in [4.78, 5) is 40.6. The number of nitrogens with zero attached hydrogens (tertiary/aromatic N) is 2. The minimum Gasteiger partial charge on any atom is -0.481 e. The van der Waals surface area contributed by atoms with Crippen molar-refractivity contribution in [2.75, 3.05) is 0 Å². The lowest BCUT2D eigenvalue weighted by Crippen LogP contribution is -1.97. The van der Waals surface area contributed by atoms with Crippen molar-refractivity contribution in [2.24, 2.45) is 0 Å². The molecule has 4 N–H and O–H groups in total. The fourth-order valence-corrected chi connectivity index (χ4v) is 7.45. The summed E-state index contributed by atoms with van der Waals surface area (Å²) in [7, 11) is 0. The van der Waals surface area contributed by atoms with Crippen LogP contribution in [0.2, 0.25) is 0 Å². The van der Waals surface area contributed by atoms with Crippen LogP contribution in [0.4, 0.5) is 0 Å². The first-order chi connectivity index (χ1) is 20.8. The van der Waals surface area contributed by atoms with E-state index in [9.17, 15) is 19.8 Å². The molecule has 5 rings (SSSR count). The van der Waals surface area contributed by atoms with E-state index in [-0.39, 0.29) is 22.5 Å². The lowest BCUT2D eigenvalue weighted by Gasteiger charge is -2.05. The van der Waals surface area contributed by atoms with Crippen LogP contribution < -0.4 is 0 Å². The van der Waals surface area contributed by atoms with Gasteiger partial charge in [0.1, 0.15) is 0 Å². The Hall–Kier alpha value is -3.50. The maximum absolute atomic E-state index is 11.6. The van der Waals surface area contributed by atoms with E-state index in [1.807, 2.05) is 32.0 Å². The average molecular weight is 724 g/mol. The smallest absolute Gasteiger partial charge is 0.303 e. The summed E-state index contributed by atoms with van der Waals surface area (Å²) < 4.78 is 0. The van der Waals surface area contributed by atoms with Crippen molar-refractivity contribution in [2.45, 2.75) is 76.9 Å². The van der Waals surface area contributed by atoms with Crippen molar-refractivity contribution in [1.29, 1.82) is 0 Å². The molecule has 0 spiro atoms. The third kappa shape index (κ3) is 6.06. The maximum Gasteiger partial charge on any atom is 0.303 e. The van der Waals surface area contributed by atoms with E-state index < -0.39 is 11.9 Å². The standard InChI is InChI=1S/C34H36Br2N4O4/c1-15-21(7-9-31(41)42)27-14-28-22(8-10-32(43)44)16(2)24(38-28)12-29-34(20(6)36)18(4)26(40-29)13-30-33(19(5)35)17(3)25(39-30)11-23(15)37-27/h11-14,19-20,39-40H,7-10H2,1-6H3,(H,41,42)(H,43,44). The van der Waals surface area contributed by atoms with Gasteiger partial charge in [0.05, 0.1) is 22.8 Å². The number of aromatic amines is 2. The summed E-state index contributed by atoms with van der Waals surface area (Å²) >= 11 is 7.61. The minimum atomic E-state index is -0.880. The molecular formula is C34H36Br2N4O4. The number of aromatic nitrogens is 4. The van der Waals surface area contributed by atoms with Gasteiger partial charge in [-0.2, -0.15) is 0 Å². The molecule has 2 unspecified atom stereocenters. The first-order valence-electron chi connectivity index (χ1n) is 14.6. The fourth-order valence-electron chi connectivity index (χ4n) is 6.27. The molecule has 8 nitrogen and oxygen atoms in total. The van der Waals surface area contributed by atoms with Crippen molar-refractivity contribution >= 4 is 88.2 Å². The van der Waals surface area contributed by atoms with Gasteiger partial charge in [-0.25, -0.2) is 9.97 Å². The molecule has 3 aromatic heterocycles. The second-order valence-corrected chi connectivity index (χ2v) is 14.3. The van der Waals surface area contributed by atoms with E-state index in [0.29, 0.717) is 24.2 Å². The Kier molecular flexibility index (Phi) is 9.05. The van der Waals surface area contributed by atoms with Crippen molar-refractivity contribution < 1.29 is 19.8 Å². The highest BCUT2D eigenvalue weighted by Gasteiger charge is 2.23. The molecule has 0 fully saturated rings. The first kappa shape index (κ1) is 31.9. The SMILES string of the molecule is CC1=C(CCC(=O)O)c2cc3nc(cc4[nH]c(cc5[nH]c(cc1n2)c(C)c5C(C)Br)c(C)c4C(C)Br)C(C)=C3CCC(=O)O. The second-order valence-electron chi connectivity index (χ2n) is 11.6. The van der Waals surface area contributed by atoms with Gasteiger partial charge in [0.2, 0.25) is 0 Å². The molecule has 0 aliphatic carbocycles. The molecule has 2 aliphatic rings. The molecule has 44 heavy (non-hydrogen) atoms. The third-order valence-corrected chi connectivity index (χ3v) is 9.52. The van der Waals surface area contributed by atoms with Gasteiger partial charge in [0.25, 0.3) is 0 Å². The van der Waals surface area contributed by atoms with Crippen LogP contribution in [0.25, 0.3) is 44.4 Å². The number of carboxylic acid groups (broad SMARTS) is 2. The van der Waals surface area contributed by atoms with Crippen LogP contribution in [0.3, 0.4) is 0 Å². The molecule has 3 aromatic rings. The lowest BCUT2D eigenvalue weighted by atomic mass is 9.98. The van der Waals surface area contributed by atoms with Gasteiger partial charge in [-0.3, -0.25) is 9.59 Å². The van der Waals surface area contributed by atoms with Crippen molar-refractivity contribution in [3.63, 3.8) is 0 Å². The molecule has 8 bridgehead atoms. The number of aliphatic carboxylic acids is 2. The van der Waals surface area contributed by atoms with Crippen LogP contribution in [0.15, 0.2) is 24.3 Å². The normalized spacial score (nSPS) is 14.7. The first-order valence-corrected chi connectivity index (χ1v) is 16.5. The third-order valence-electron chi connectivity index (χ3n) is 8.61. The largest absolute Gasteiger partial charge is 0.481 e. The van der Waals surface area contributed by atoms with E-state index in [1.54, 1.807) is 0 Å². The average Bonchev–Trinajstić information content (AvgIpc) is 3.59. The number of hydrogen-bond acceptors (Lipinski definition) is 4. The van der Waals surface area contributed by atoms with Crippen LogP contribution in [-0.4, -0.2) is 42.1 Å². The Labute approximate surface area is 273 Å². The molecule has 0 saturated heterocycles. The Bertz CT molecular complexity index is 1930. The molecule has 0 amide bonds. The summed E-state index contributed by atoms with van der Waals surface area (Å²) in [6.07, 6.45) is 0.580. The van der Waals surface area contributed by atoms with Crippen LogP contribution >= 0.6 is 31.9 Å². The number of fused-ring (bicyclic) bond motifs is 8. The van der Waals surface area contributed by atoms with Crippen molar-refractivity contribution in [1.82, 2.24) is 19.9 Å². The lowest BCUT2D eigenvalue weighted by molar-refractivity contribution is -0.137. The van der Waals surface area contributed by atoms with Crippen LogP contribution in [0.1, 0.15) is 108 Å². The number of rotatable bonds is 8. The van der Waals surface area contributed by atoms with Gasteiger partial charge in [0, 0.05) is 44.6 Å². The van der Waals surface area contributed by atoms with Gasteiger partial charge in [0.15, 0.2) is 0 Å². The van der Waals surface area contributed by atoms with Crippen LogP contribution in [-0.2, 0) is 9.59 Å². The summed E-state index contributed by atoms with van der Waals surface area (Å²) in [5, 5.41) is 19.0. The van der Waals surface area contributed by atoms with Gasteiger partial charge in [-0.1, -0.05) is 31.9 Å². The van der Waals surface area contributed by atoms with E-state index in [0.717, 1.165) is 78.0 Å². The Morgan fingerprint density at radius 3 is 1.45 bits per heavy atom. The van der Waals surface area contributed by atoms with Gasteiger partial charge < -0.3 is 20.2 Å². The van der Waals surface area contributed by atoms with Crippen LogP contribution in [0, 0.1) is 13.8 Å². The van der Waals surface area contributed by atoms with Crippen molar-refractivity contribution in [3.05, 3.63) is 69.3 Å². The van der Waals surface area contributed by atoms with Gasteiger partial charge in [-0.05, 0) is 123 Å². The zero-order valence-corrected chi connectivity index (χ0v) is 28.8. The molecule has 2 atom stereocenters. The molecule has 0 saturated carbocycles.